The van der Waals surface area contributed by atoms with Crippen LogP contribution in [0.1, 0.15) is 37.8 Å². The van der Waals surface area contributed by atoms with Gasteiger partial charge >= 0.3 is 0 Å². The number of nitrogens with zero attached hydrogens (tertiary/aromatic N) is 3. The summed E-state index contributed by atoms with van der Waals surface area (Å²) in [5, 5.41) is 1.19. The first-order valence-corrected chi connectivity index (χ1v) is 10.1. The Morgan fingerprint density at radius 2 is 1.96 bits per heavy atom. The first-order chi connectivity index (χ1) is 12.7. The number of benzene rings is 1. The van der Waals surface area contributed by atoms with E-state index in [4.69, 9.17) is 4.98 Å². The van der Waals surface area contributed by atoms with Crippen LogP contribution in [-0.4, -0.2) is 46.9 Å². The molecule has 1 aromatic heterocycles. The Bertz CT molecular complexity index is 831. The van der Waals surface area contributed by atoms with Gasteiger partial charge in [-0.1, -0.05) is 24.3 Å². The van der Waals surface area contributed by atoms with E-state index in [1.165, 1.54) is 24.6 Å². The Morgan fingerprint density at radius 3 is 2.85 bits per heavy atom. The van der Waals surface area contributed by atoms with Crippen molar-refractivity contribution in [1.82, 2.24) is 14.8 Å². The number of hydrogen-bond acceptors (Lipinski definition) is 3. The number of fused-ring (bicyclic) bond motifs is 1. The zero-order valence-corrected chi connectivity index (χ0v) is 15.4. The number of para-hydroxylation sites is 1. The number of carbonyl (C=O) groups excluding carboxylic acids is 1. The number of amides is 1. The lowest BCUT2D eigenvalue weighted by atomic mass is 9.78. The predicted molar refractivity (Wildman–Crippen MR) is 103 cm³/mol. The highest BCUT2D eigenvalue weighted by Gasteiger charge is 2.48. The van der Waals surface area contributed by atoms with E-state index in [9.17, 15) is 4.79 Å². The predicted octanol–water partition coefficient (Wildman–Crippen LogP) is 3.46. The standard InChI is InChI=1S/C22H27N3O/c26-21-22(10-3-12-25(21)14-17-6-7-17)11-13-24(16-22)15-19-9-8-18-4-1-2-5-20(18)23-19/h1-2,4-5,8-9,17H,3,6-7,10-16H2. The molecule has 3 heterocycles. The number of aromatic nitrogens is 1. The van der Waals surface area contributed by atoms with Crippen LogP contribution in [0, 0.1) is 11.3 Å². The van der Waals surface area contributed by atoms with E-state index >= 15 is 0 Å². The summed E-state index contributed by atoms with van der Waals surface area (Å²) in [6.07, 6.45) is 5.88. The molecule has 1 amide bonds. The largest absolute Gasteiger partial charge is 0.342 e. The third-order valence-corrected chi connectivity index (χ3v) is 6.47. The maximum Gasteiger partial charge on any atom is 0.230 e. The molecule has 3 aliphatic rings. The molecule has 26 heavy (non-hydrogen) atoms. The smallest absolute Gasteiger partial charge is 0.230 e. The Labute approximate surface area is 155 Å². The maximum atomic E-state index is 13.2. The first kappa shape index (κ1) is 16.2. The van der Waals surface area contributed by atoms with Gasteiger partial charge in [0, 0.05) is 31.6 Å². The van der Waals surface area contributed by atoms with E-state index in [0.29, 0.717) is 5.91 Å². The van der Waals surface area contributed by atoms with Gasteiger partial charge in [-0.05, 0) is 56.7 Å². The molecule has 1 atom stereocenters. The van der Waals surface area contributed by atoms with Crippen LogP contribution in [0.4, 0.5) is 0 Å². The maximum absolute atomic E-state index is 13.2. The average molecular weight is 349 g/mol. The lowest BCUT2D eigenvalue weighted by molar-refractivity contribution is -0.145. The van der Waals surface area contributed by atoms with Crippen molar-refractivity contribution in [2.75, 3.05) is 26.2 Å². The molecule has 0 radical (unpaired) electrons. The van der Waals surface area contributed by atoms with Crippen molar-refractivity contribution < 1.29 is 4.79 Å². The number of carbonyl (C=O) groups is 1. The van der Waals surface area contributed by atoms with E-state index in [1.807, 2.05) is 6.07 Å². The molecular formula is C22H27N3O. The molecule has 136 valence electrons. The van der Waals surface area contributed by atoms with Gasteiger partial charge in [0.05, 0.1) is 16.6 Å². The van der Waals surface area contributed by atoms with Crippen LogP contribution in [-0.2, 0) is 11.3 Å². The minimum atomic E-state index is -0.121. The molecule has 4 heteroatoms. The number of pyridine rings is 1. The number of piperidine rings is 1. The van der Waals surface area contributed by atoms with Crippen LogP contribution in [0.25, 0.3) is 10.9 Å². The van der Waals surface area contributed by atoms with Crippen molar-refractivity contribution >= 4 is 16.8 Å². The summed E-state index contributed by atoms with van der Waals surface area (Å²) in [5.41, 5.74) is 2.05. The van der Waals surface area contributed by atoms with Crippen molar-refractivity contribution in [2.45, 2.75) is 38.6 Å². The number of rotatable bonds is 4. The summed E-state index contributed by atoms with van der Waals surface area (Å²) in [7, 11) is 0. The van der Waals surface area contributed by atoms with Crippen molar-refractivity contribution in [2.24, 2.45) is 11.3 Å². The SMILES string of the molecule is O=C1N(CC2CC2)CCCC12CCN(Cc1ccc3ccccc3n1)C2. The quantitative estimate of drug-likeness (QED) is 0.848. The number of hydrogen-bond donors (Lipinski definition) is 0. The summed E-state index contributed by atoms with van der Waals surface area (Å²) in [5.74, 6) is 1.22. The summed E-state index contributed by atoms with van der Waals surface area (Å²) in [4.78, 5) is 22.6. The Kier molecular flexibility index (Phi) is 3.96. The highest BCUT2D eigenvalue weighted by molar-refractivity contribution is 5.84. The van der Waals surface area contributed by atoms with Gasteiger partial charge in [-0.3, -0.25) is 14.7 Å². The van der Waals surface area contributed by atoms with Gasteiger partial charge in [0.2, 0.25) is 5.91 Å². The van der Waals surface area contributed by atoms with Gasteiger partial charge in [0.15, 0.2) is 0 Å². The Hall–Kier alpha value is -1.94. The summed E-state index contributed by atoms with van der Waals surface area (Å²) in [6, 6.07) is 12.6. The van der Waals surface area contributed by atoms with Crippen molar-refractivity contribution in [3.8, 4) is 0 Å². The van der Waals surface area contributed by atoms with Gasteiger partial charge < -0.3 is 4.90 Å². The zero-order chi connectivity index (χ0) is 17.6. The molecule has 0 bridgehead atoms. The molecule has 1 saturated carbocycles. The van der Waals surface area contributed by atoms with Gasteiger partial charge in [0.1, 0.15) is 0 Å². The second kappa shape index (κ2) is 6.34. The molecule has 0 N–H and O–H groups in total. The molecule has 1 spiro atoms. The molecule has 1 aliphatic carbocycles. The van der Waals surface area contributed by atoms with Gasteiger partial charge in [0.25, 0.3) is 0 Å². The monoisotopic (exact) mass is 349 g/mol. The molecule has 2 saturated heterocycles. The average Bonchev–Trinajstić information content (AvgIpc) is 3.39. The molecule has 1 unspecified atom stereocenters. The van der Waals surface area contributed by atoms with Gasteiger partial charge in [-0.15, -0.1) is 0 Å². The fraction of sp³-hybridized carbons (Fsp3) is 0.545. The molecule has 2 aliphatic heterocycles. The van der Waals surface area contributed by atoms with E-state index in [2.05, 4.69) is 40.1 Å². The topological polar surface area (TPSA) is 36.4 Å². The summed E-state index contributed by atoms with van der Waals surface area (Å²) >= 11 is 0. The van der Waals surface area contributed by atoms with Crippen LogP contribution in [0.15, 0.2) is 36.4 Å². The molecular weight excluding hydrogens is 322 g/mol. The minimum absolute atomic E-state index is 0.121. The summed E-state index contributed by atoms with van der Waals surface area (Å²) < 4.78 is 0. The first-order valence-electron chi connectivity index (χ1n) is 10.1. The van der Waals surface area contributed by atoms with Crippen LogP contribution in [0.5, 0.6) is 0 Å². The van der Waals surface area contributed by atoms with Gasteiger partial charge in [-0.2, -0.15) is 0 Å². The lowest BCUT2D eigenvalue weighted by Gasteiger charge is -2.39. The van der Waals surface area contributed by atoms with E-state index in [-0.39, 0.29) is 5.41 Å². The molecule has 5 rings (SSSR count). The van der Waals surface area contributed by atoms with Gasteiger partial charge in [-0.25, -0.2) is 0 Å². The minimum Gasteiger partial charge on any atom is -0.342 e. The Morgan fingerprint density at radius 1 is 1.08 bits per heavy atom. The zero-order valence-electron chi connectivity index (χ0n) is 15.4. The van der Waals surface area contributed by atoms with Crippen molar-refractivity contribution in [1.29, 1.82) is 0 Å². The van der Waals surface area contributed by atoms with E-state index in [1.54, 1.807) is 0 Å². The van der Waals surface area contributed by atoms with E-state index in [0.717, 1.165) is 62.7 Å². The van der Waals surface area contributed by atoms with Crippen LogP contribution < -0.4 is 0 Å². The number of likely N-dealkylation sites (tertiary alicyclic amines) is 2. The van der Waals surface area contributed by atoms with Crippen LogP contribution >= 0.6 is 0 Å². The second-order valence-electron chi connectivity index (χ2n) is 8.53. The third-order valence-electron chi connectivity index (χ3n) is 6.47. The molecule has 2 aromatic rings. The van der Waals surface area contributed by atoms with E-state index < -0.39 is 0 Å². The molecule has 3 fully saturated rings. The summed E-state index contributed by atoms with van der Waals surface area (Å²) in [6.45, 7) is 4.75. The fourth-order valence-electron chi connectivity index (χ4n) is 4.84. The highest BCUT2D eigenvalue weighted by Crippen LogP contribution is 2.42. The Balaban J connectivity index is 1.29. The third kappa shape index (κ3) is 3.01. The molecule has 1 aromatic carbocycles. The highest BCUT2D eigenvalue weighted by atomic mass is 16.2. The van der Waals surface area contributed by atoms with Crippen LogP contribution in [0.2, 0.25) is 0 Å². The lowest BCUT2D eigenvalue weighted by Crippen LogP contribution is -2.50. The van der Waals surface area contributed by atoms with Crippen LogP contribution in [0.3, 0.4) is 0 Å². The second-order valence-corrected chi connectivity index (χ2v) is 8.53. The molecule has 4 nitrogen and oxygen atoms in total. The van der Waals surface area contributed by atoms with Crippen molar-refractivity contribution in [3.63, 3.8) is 0 Å². The van der Waals surface area contributed by atoms with Crippen molar-refractivity contribution in [3.05, 3.63) is 42.1 Å². The normalized spacial score (nSPS) is 26.9. The fourth-order valence-corrected chi connectivity index (χ4v) is 4.84.